The van der Waals surface area contributed by atoms with E-state index >= 15 is 0 Å². The Labute approximate surface area is 147 Å². The number of carbonyl (C=O) groups is 3. The first-order valence-corrected chi connectivity index (χ1v) is 7.98. The summed E-state index contributed by atoms with van der Waals surface area (Å²) >= 11 is 0. The summed E-state index contributed by atoms with van der Waals surface area (Å²) in [4.78, 5) is 36.2. The Morgan fingerprint density at radius 2 is 1.76 bits per heavy atom. The number of carboxylic acids is 1. The molecular weight excluding hydrogens is 326 g/mol. The summed E-state index contributed by atoms with van der Waals surface area (Å²) < 4.78 is 10.3. The second-order valence-electron chi connectivity index (χ2n) is 6.63. The molecule has 0 aliphatic carbocycles. The van der Waals surface area contributed by atoms with Gasteiger partial charge in [-0.3, -0.25) is 9.69 Å². The number of carbonyl (C=O) groups excluding carboxylic acids is 2. The molecule has 1 rings (SSSR count). The van der Waals surface area contributed by atoms with E-state index in [9.17, 15) is 19.5 Å². The predicted octanol–water partition coefficient (Wildman–Crippen LogP) is 2.83. The van der Waals surface area contributed by atoms with Crippen LogP contribution >= 0.6 is 0 Å². The lowest BCUT2D eigenvalue weighted by atomic mass is 10.1. The molecule has 0 saturated carbocycles. The smallest absolute Gasteiger partial charge is 0.410 e. The quantitative estimate of drug-likeness (QED) is 0.759. The van der Waals surface area contributed by atoms with Crippen LogP contribution in [0.1, 0.15) is 39.2 Å². The predicted molar refractivity (Wildman–Crippen MR) is 90.9 cm³/mol. The number of hydrogen-bond donors (Lipinski definition) is 1. The van der Waals surface area contributed by atoms with Gasteiger partial charge in [-0.1, -0.05) is 30.3 Å². The number of benzene rings is 1. The van der Waals surface area contributed by atoms with Gasteiger partial charge in [0.05, 0.1) is 0 Å². The fourth-order valence-corrected chi connectivity index (χ4v) is 2.08. The molecule has 1 atom stereocenters. The number of esters is 1. The topological polar surface area (TPSA) is 93.1 Å². The van der Waals surface area contributed by atoms with Crippen molar-refractivity contribution in [1.29, 1.82) is 0 Å². The van der Waals surface area contributed by atoms with Crippen LogP contribution in [0.25, 0.3) is 0 Å². The molecule has 138 valence electrons. The lowest BCUT2D eigenvalue weighted by molar-refractivity contribution is -0.155. The van der Waals surface area contributed by atoms with Crippen LogP contribution < -0.4 is 0 Å². The Morgan fingerprint density at radius 1 is 1.16 bits per heavy atom. The zero-order valence-electron chi connectivity index (χ0n) is 15.0. The first-order valence-electron chi connectivity index (χ1n) is 7.98. The van der Waals surface area contributed by atoms with Gasteiger partial charge in [0.2, 0.25) is 0 Å². The average Bonchev–Trinajstić information content (AvgIpc) is 2.51. The third-order valence-corrected chi connectivity index (χ3v) is 3.29. The summed E-state index contributed by atoms with van der Waals surface area (Å²) in [5.74, 6) is -1.72. The first kappa shape index (κ1) is 20.5. The van der Waals surface area contributed by atoms with Crippen LogP contribution in [0.2, 0.25) is 0 Å². The van der Waals surface area contributed by atoms with Gasteiger partial charge >= 0.3 is 18.0 Å². The maximum absolute atomic E-state index is 12.1. The lowest BCUT2D eigenvalue weighted by Crippen LogP contribution is -2.43. The van der Waals surface area contributed by atoms with Crippen molar-refractivity contribution < 1.29 is 29.0 Å². The molecule has 1 aromatic carbocycles. The number of hydrogen-bond acceptors (Lipinski definition) is 5. The molecule has 7 heteroatoms. The maximum atomic E-state index is 12.1. The Hall–Kier alpha value is -2.57. The number of rotatable bonds is 7. The zero-order valence-corrected chi connectivity index (χ0v) is 15.0. The summed E-state index contributed by atoms with van der Waals surface area (Å²) in [5.41, 5.74) is 0.154. The fraction of sp³-hybridized carbons (Fsp3) is 0.500. The van der Waals surface area contributed by atoms with Crippen LogP contribution in [0.4, 0.5) is 4.79 Å². The highest BCUT2D eigenvalue weighted by Gasteiger charge is 2.29. The van der Waals surface area contributed by atoms with Gasteiger partial charge in [-0.05, 0) is 32.8 Å². The average molecular weight is 351 g/mol. The van der Waals surface area contributed by atoms with Gasteiger partial charge in [0.1, 0.15) is 18.2 Å². The van der Waals surface area contributed by atoms with Crippen molar-refractivity contribution in [3.05, 3.63) is 35.9 Å². The van der Waals surface area contributed by atoms with Crippen molar-refractivity contribution >= 4 is 18.0 Å². The van der Waals surface area contributed by atoms with Crippen molar-refractivity contribution in [2.75, 3.05) is 7.05 Å². The molecule has 0 spiro atoms. The lowest BCUT2D eigenvalue weighted by Gasteiger charge is -2.25. The molecule has 0 radical (unpaired) electrons. The zero-order chi connectivity index (χ0) is 19.0. The molecule has 1 amide bonds. The minimum absolute atomic E-state index is 0.0441. The summed E-state index contributed by atoms with van der Waals surface area (Å²) in [7, 11) is 1.33. The second kappa shape index (κ2) is 9.05. The number of likely N-dealkylation sites (N-methyl/N-ethyl adjacent to an activating group) is 1. The van der Waals surface area contributed by atoms with Crippen molar-refractivity contribution in [3.63, 3.8) is 0 Å². The van der Waals surface area contributed by atoms with E-state index in [1.54, 1.807) is 32.9 Å². The van der Waals surface area contributed by atoms with Gasteiger partial charge in [0.15, 0.2) is 0 Å². The molecule has 0 fully saturated rings. The Bertz CT molecular complexity index is 593. The first-order chi connectivity index (χ1) is 11.6. The third kappa shape index (κ3) is 7.69. The fourth-order valence-electron chi connectivity index (χ4n) is 2.08. The standard InChI is InChI=1S/C18H25NO6/c1-18(2,3)25-15(20)11-10-14(16(21)22)19(4)17(23)24-12-13-8-6-5-7-9-13/h5-9,14H,10-12H2,1-4H3,(H,21,22)/t14-/m0/s1. The van der Waals surface area contributed by atoms with Crippen molar-refractivity contribution in [1.82, 2.24) is 4.90 Å². The van der Waals surface area contributed by atoms with Gasteiger partial charge in [-0.25, -0.2) is 9.59 Å². The molecule has 0 saturated heterocycles. The van der Waals surface area contributed by atoms with E-state index in [4.69, 9.17) is 9.47 Å². The van der Waals surface area contributed by atoms with Gasteiger partial charge in [0.25, 0.3) is 0 Å². The van der Waals surface area contributed by atoms with E-state index < -0.39 is 29.7 Å². The highest BCUT2D eigenvalue weighted by atomic mass is 16.6. The maximum Gasteiger partial charge on any atom is 0.410 e. The molecular formula is C18H25NO6. The highest BCUT2D eigenvalue weighted by Crippen LogP contribution is 2.13. The van der Waals surface area contributed by atoms with E-state index in [2.05, 4.69) is 0 Å². The number of carboxylic acid groups (broad SMARTS) is 1. The monoisotopic (exact) mass is 351 g/mol. The minimum atomic E-state index is -1.21. The van der Waals surface area contributed by atoms with Gasteiger partial charge in [0, 0.05) is 13.5 Å². The number of amides is 1. The molecule has 7 nitrogen and oxygen atoms in total. The van der Waals surface area contributed by atoms with Gasteiger partial charge < -0.3 is 14.6 Å². The Morgan fingerprint density at radius 3 is 2.28 bits per heavy atom. The normalized spacial score (nSPS) is 12.2. The van der Waals surface area contributed by atoms with Crippen LogP contribution in [0.15, 0.2) is 30.3 Å². The SMILES string of the molecule is CN(C(=O)OCc1ccccc1)[C@@H](CCC(=O)OC(C)(C)C)C(=O)O. The van der Waals surface area contributed by atoms with Crippen molar-refractivity contribution in [2.45, 2.75) is 51.9 Å². The molecule has 1 aromatic rings. The Balaban J connectivity index is 2.57. The third-order valence-electron chi connectivity index (χ3n) is 3.29. The van der Waals surface area contributed by atoms with E-state index in [-0.39, 0.29) is 19.4 Å². The van der Waals surface area contributed by atoms with Gasteiger partial charge in [-0.15, -0.1) is 0 Å². The summed E-state index contributed by atoms with van der Waals surface area (Å²) in [6.45, 7) is 5.23. The van der Waals surface area contributed by atoms with E-state index in [0.29, 0.717) is 0 Å². The molecule has 0 aliphatic heterocycles. The van der Waals surface area contributed by atoms with E-state index in [0.717, 1.165) is 10.5 Å². The molecule has 25 heavy (non-hydrogen) atoms. The van der Waals surface area contributed by atoms with Crippen LogP contribution in [0.3, 0.4) is 0 Å². The number of ether oxygens (including phenoxy) is 2. The largest absolute Gasteiger partial charge is 0.480 e. The van der Waals surface area contributed by atoms with Crippen molar-refractivity contribution in [3.8, 4) is 0 Å². The number of aliphatic carboxylic acids is 1. The summed E-state index contributed by atoms with van der Waals surface area (Å²) in [6, 6.07) is 7.89. The molecule has 0 heterocycles. The number of nitrogens with zero attached hydrogens (tertiary/aromatic N) is 1. The van der Waals surface area contributed by atoms with Crippen molar-refractivity contribution in [2.24, 2.45) is 0 Å². The van der Waals surface area contributed by atoms with Crippen LogP contribution in [0.5, 0.6) is 0 Å². The van der Waals surface area contributed by atoms with Crippen LogP contribution in [0, 0.1) is 0 Å². The summed E-state index contributed by atoms with van der Waals surface area (Å²) in [6.07, 6.45) is -0.924. The van der Waals surface area contributed by atoms with Gasteiger partial charge in [-0.2, -0.15) is 0 Å². The van der Waals surface area contributed by atoms with Crippen LogP contribution in [-0.4, -0.2) is 46.7 Å². The highest BCUT2D eigenvalue weighted by molar-refractivity contribution is 5.80. The van der Waals surface area contributed by atoms with E-state index in [1.165, 1.54) is 7.05 Å². The second-order valence-corrected chi connectivity index (χ2v) is 6.63. The molecule has 0 unspecified atom stereocenters. The molecule has 0 bridgehead atoms. The van der Waals surface area contributed by atoms with Crippen LogP contribution in [-0.2, 0) is 25.7 Å². The van der Waals surface area contributed by atoms with E-state index in [1.807, 2.05) is 18.2 Å². The molecule has 0 aromatic heterocycles. The Kier molecular flexibility index (Phi) is 7.42. The molecule has 0 aliphatic rings. The molecule has 1 N–H and O–H groups in total. The minimum Gasteiger partial charge on any atom is -0.480 e. The summed E-state index contributed by atoms with van der Waals surface area (Å²) in [5, 5.41) is 9.32.